The summed E-state index contributed by atoms with van der Waals surface area (Å²) in [6.07, 6.45) is -1.83. The molecule has 0 saturated heterocycles. The van der Waals surface area contributed by atoms with E-state index in [1.54, 1.807) is 30.3 Å². The maximum Gasteiger partial charge on any atom is 0.273 e. The molecule has 7 heteroatoms. The molecule has 2 unspecified atom stereocenters. The van der Waals surface area contributed by atoms with Gasteiger partial charge in [-0.1, -0.05) is 30.0 Å². The zero-order valence-electron chi connectivity index (χ0n) is 11.1. The van der Waals surface area contributed by atoms with Gasteiger partial charge in [0, 0.05) is 12.1 Å². The molecule has 0 aliphatic carbocycles. The van der Waals surface area contributed by atoms with Gasteiger partial charge in [-0.05, 0) is 12.1 Å². The van der Waals surface area contributed by atoms with Crippen molar-refractivity contribution in [1.29, 1.82) is 0 Å². The Hall–Kier alpha value is -2.40. The minimum atomic E-state index is -1.83. The quantitative estimate of drug-likeness (QED) is 0.261. The molecule has 1 rings (SSSR count). The highest BCUT2D eigenvalue weighted by atomic mass is 16.5. The lowest BCUT2D eigenvalue weighted by molar-refractivity contribution is -0.143. The number of carbonyl (C=O) groups is 2. The summed E-state index contributed by atoms with van der Waals surface area (Å²) >= 11 is 0. The van der Waals surface area contributed by atoms with E-state index in [1.807, 2.05) is 0 Å². The molecule has 0 spiro atoms. The fourth-order valence-corrected chi connectivity index (χ4v) is 1.48. The van der Waals surface area contributed by atoms with E-state index in [0.717, 1.165) is 0 Å². The van der Waals surface area contributed by atoms with Crippen LogP contribution in [0.3, 0.4) is 0 Å². The van der Waals surface area contributed by atoms with Crippen LogP contribution in [0.25, 0.3) is 0 Å². The number of nitrogens with one attached hydrogen (secondary N) is 2. The average molecular weight is 292 g/mol. The molecule has 2 atom stereocenters. The first-order valence-corrected chi connectivity index (χ1v) is 6.17. The maximum atomic E-state index is 11.8. The lowest BCUT2D eigenvalue weighted by atomic mass is 10.0. The Kier molecular flexibility index (Phi) is 6.91. The van der Waals surface area contributed by atoms with Crippen molar-refractivity contribution in [2.45, 2.75) is 6.10 Å². The molecule has 21 heavy (non-hydrogen) atoms. The van der Waals surface area contributed by atoms with E-state index in [0.29, 0.717) is 5.56 Å². The van der Waals surface area contributed by atoms with E-state index < -0.39 is 23.8 Å². The Morgan fingerprint density at radius 3 is 2.43 bits per heavy atom. The number of hydrogen-bond donors (Lipinski definition) is 5. The smallest absolute Gasteiger partial charge is 0.273 e. The maximum absolute atomic E-state index is 11.8. The largest absolute Gasteiger partial charge is 0.395 e. The highest BCUT2D eigenvalue weighted by Gasteiger charge is 2.30. The van der Waals surface area contributed by atoms with Crippen LogP contribution in [0, 0.1) is 17.8 Å². The van der Waals surface area contributed by atoms with E-state index in [9.17, 15) is 14.7 Å². The monoisotopic (exact) mass is 292 g/mol. The van der Waals surface area contributed by atoms with Gasteiger partial charge in [0.15, 0.2) is 6.10 Å². The first-order valence-electron chi connectivity index (χ1n) is 6.17. The molecule has 0 heterocycles. The minimum Gasteiger partial charge on any atom is -0.395 e. The summed E-state index contributed by atoms with van der Waals surface area (Å²) in [6, 6.07) is 8.70. The Balaban J connectivity index is 2.94. The molecular formula is C14H16N2O5. The van der Waals surface area contributed by atoms with Crippen LogP contribution in [-0.4, -0.2) is 46.5 Å². The zero-order valence-corrected chi connectivity index (χ0v) is 11.1. The van der Waals surface area contributed by atoms with Crippen LogP contribution in [0.1, 0.15) is 5.56 Å². The summed E-state index contributed by atoms with van der Waals surface area (Å²) in [5.41, 5.74) is 1.87. The average Bonchev–Trinajstić information content (AvgIpc) is 2.52. The van der Waals surface area contributed by atoms with E-state index >= 15 is 0 Å². The van der Waals surface area contributed by atoms with Gasteiger partial charge >= 0.3 is 0 Å². The second-order valence-corrected chi connectivity index (χ2v) is 4.05. The van der Waals surface area contributed by atoms with Gasteiger partial charge in [-0.2, -0.15) is 0 Å². The summed E-state index contributed by atoms with van der Waals surface area (Å²) in [4.78, 5) is 23.1. The summed E-state index contributed by atoms with van der Waals surface area (Å²) in [6.45, 7) is -0.317. The summed E-state index contributed by atoms with van der Waals surface area (Å²) in [5, 5.41) is 29.2. The lowest BCUT2D eigenvalue weighted by Gasteiger charge is -2.15. The summed E-state index contributed by atoms with van der Waals surface area (Å²) in [7, 11) is 0. The van der Waals surface area contributed by atoms with E-state index in [2.05, 4.69) is 17.2 Å². The molecule has 2 amide bonds. The van der Waals surface area contributed by atoms with Crippen LogP contribution in [-0.2, 0) is 9.59 Å². The van der Waals surface area contributed by atoms with Crippen molar-refractivity contribution in [3.05, 3.63) is 35.9 Å². The number of carbonyl (C=O) groups excluding carboxylic acids is 2. The molecule has 112 valence electrons. The highest BCUT2D eigenvalue weighted by Crippen LogP contribution is 2.05. The number of rotatable bonds is 5. The molecule has 0 aliphatic rings. The van der Waals surface area contributed by atoms with Crippen LogP contribution in [0.2, 0.25) is 0 Å². The standard InChI is InChI=1S/C14H16N2O5/c17-9-8-15-13(19)11(12(18)14(20)16-21)7-6-10-4-2-1-3-5-10/h1-5,11-12,17-18,21H,8-9H2,(H,15,19)(H,16,20). The number of aliphatic hydroxyl groups is 2. The van der Waals surface area contributed by atoms with Crippen molar-refractivity contribution in [1.82, 2.24) is 10.8 Å². The number of amides is 2. The third-order valence-corrected chi connectivity index (χ3v) is 2.53. The van der Waals surface area contributed by atoms with Crippen LogP contribution in [0.4, 0.5) is 0 Å². The van der Waals surface area contributed by atoms with Gasteiger partial charge in [0.05, 0.1) is 6.61 Å². The molecule has 0 aromatic heterocycles. The molecule has 1 aromatic carbocycles. The van der Waals surface area contributed by atoms with E-state index in [4.69, 9.17) is 10.3 Å². The van der Waals surface area contributed by atoms with Crippen molar-refractivity contribution in [2.24, 2.45) is 5.92 Å². The first kappa shape index (κ1) is 16.7. The van der Waals surface area contributed by atoms with Crippen molar-refractivity contribution < 1.29 is 25.0 Å². The van der Waals surface area contributed by atoms with Crippen LogP contribution < -0.4 is 10.8 Å². The Morgan fingerprint density at radius 1 is 1.19 bits per heavy atom. The molecule has 0 radical (unpaired) electrons. The fourth-order valence-electron chi connectivity index (χ4n) is 1.48. The second kappa shape index (κ2) is 8.71. The van der Waals surface area contributed by atoms with Gasteiger partial charge in [-0.3, -0.25) is 14.8 Å². The SMILES string of the molecule is O=C(NO)C(O)C(C#Cc1ccccc1)C(=O)NCCO. The predicted octanol–water partition coefficient (Wildman–Crippen LogP) is -1.37. The fraction of sp³-hybridized carbons (Fsp3) is 0.286. The number of benzene rings is 1. The molecule has 0 aliphatic heterocycles. The predicted molar refractivity (Wildman–Crippen MR) is 72.8 cm³/mol. The van der Waals surface area contributed by atoms with Gasteiger partial charge < -0.3 is 15.5 Å². The highest BCUT2D eigenvalue weighted by molar-refractivity contribution is 5.90. The van der Waals surface area contributed by atoms with Crippen molar-refractivity contribution in [2.75, 3.05) is 13.2 Å². The number of hydrogen-bond acceptors (Lipinski definition) is 5. The minimum absolute atomic E-state index is 0.0319. The van der Waals surface area contributed by atoms with E-state index in [-0.39, 0.29) is 13.2 Å². The molecule has 5 N–H and O–H groups in total. The normalized spacial score (nSPS) is 12.5. The van der Waals surface area contributed by atoms with Gasteiger partial charge in [-0.15, -0.1) is 0 Å². The van der Waals surface area contributed by atoms with Gasteiger partial charge in [0.25, 0.3) is 5.91 Å². The Bertz CT molecular complexity index is 535. The Morgan fingerprint density at radius 2 is 1.86 bits per heavy atom. The first-order chi connectivity index (χ1) is 10.1. The van der Waals surface area contributed by atoms with Gasteiger partial charge in [-0.25, -0.2) is 5.48 Å². The molecule has 0 saturated carbocycles. The second-order valence-electron chi connectivity index (χ2n) is 4.05. The molecule has 0 bridgehead atoms. The van der Waals surface area contributed by atoms with Gasteiger partial charge in [0.1, 0.15) is 5.92 Å². The number of hydroxylamine groups is 1. The van der Waals surface area contributed by atoms with Crippen molar-refractivity contribution in [3.63, 3.8) is 0 Å². The third-order valence-electron chi connectivity index (χ3n) is 2.53. The number of aliphatic hydroxyl groups excluding tert-OH is 2. The third kappa shape index (κ3) is 5.24. The van der Waals surface area contributed by atoms with Crippen LogP contribution >= 0.6 is 0 Å². The Labute approximate surface area is 121 Å². The topological polar surface area (TPSA) is 119 Å². The summed E-state index contributed by atoms with van der Waals surface area (Å²) in [5.74, 6) is 1.93. The van der Waals surface area contributed by atoms with E-state index in [1.165, 1.54) is 5.48 Å². The van der Waals surface area contributed by atoms with Crippen molar-refractivity contribution >= 4 is 11.8 Å². The van der Waals surface area contributed by atoms with Gasteiger partial charge in [0.2, 0.25) is 5.91 Å². The van der Waals surface area contributed by atoms with Crippen molar-refractivity contribution in [3.8, 4) is 11.8 Å². The summed E-state index contributed by atoms with van der Waals surface area (Å²) < 4.78 is 0. The molecule has 7 nitrogen and oxygen atoms in total. The lowest BCUT2D eigenvalue weighted by Crippen LogP contribution is -2.45. The van der Waals surface area contributed by atoms with Crippen LogP contribution in [0.15, 0.2) is 30.3 Å². The van der Waals surface area contributed by atoms with Crippen LogP contribution in [0.5, 0.6) is 0 Å². The molecular weight excluding hydrogens is 276 g/mol. The zero-order chi connectivity index (χ0) is 15.7. The molecule has 0 fully saturated rings. The molecule has 1 aromatic rings.